The number of imidazole rings is 1. The molecule has 0 aliphatic carbocycles. The number of aromatic nitrogens is 5. The largest absolute Gasteiger partial charge is 0.331 e. The maximum Gasteiger partial charge on any atom is 0.323 e. The summed E-state index contributed by atoms with van der Waals surface area (Å²) in [6.07, 6.45) is 8.83. The number of benzene rings is 1. The third-order valence-corrected chi connectivity index (χ3v) is 5.03. The Bertz CT molecular complexity index is 1200. The third-order valence-electron chi connectivity index (χ3n) is 5.03. The van der Waals surface area contributed by atoms with Crippen LogP contribution in [0.4, 0.5) is 10.6 Å². The molecule has 0 spiro atoms. The molecule has 5 rings (SSSR count). The number of aryl methyl sites for hydroxylation is 1. The normalized spacial score (nSPS) is 13.3. The SMILES string of the molecule is Cc1cn2c(n1)CN(C(=O)Nc1cc3cc(-c4cnccn4)ccc3cn1)CC2. The molecule has 1 aliphatic heterocycles. The smallest absolute Gasteiger partial charge is 0.323 e. The van der Waals surface area contributed by atoms with E-state index in [-0.39, 0.29) is 6.03 Å². The van der Waals surface area contributed by atoms with Gasteiger partial charge < -0.3 is 9.47 Å². The molecule has 0 bridgehead atoms. The summed E-state index contributed by atoms with van der Waals surface area (Å²) < 4.78 is 2.10. The Hall–Kier alpha value is -3.81. The molecular formula is C21H19N7O. The van der Waals surface area contributed by atoms with Gasteiger partial charge in [-0.15, -0.1) is 0 Å². The highest BCUT2D eigenvalue weighted by atomic mass is 16.2. The number of nitrogens with zero attached hydrogens (tertiary/aromatic N) is 6. The molecule has 4 heterocycles. The maximum absolute atomic E-state index is 12.7. The number of urea groups is 1. The predicted molar refractivity (Wildman–Crippen MR) is 109 cm³/mol. The molecule has 3 aromatic heterocycles. The van der Waals surface area contributed by atoms with Crippen LogP contribution in [0.3, 0.4) is 0 Å². The Labute approximate surface area is 167 Å². The number of fused-ring (bicyclic) bond motifs is 2. The number of amides is 2. The van der Waals surface area contributed by atoms with Gasteiger partial charge in [-0.05, 0) is 24.4 Å². The fourth-order valence-electron chi connectivity index (χ4n) is 3.57. The van der Waals surface area contributed by atoms with Gasteiger partial charge in [-0.2, -0.15) is 0 Å². The van der Waals surface area contributed by atoms with Crippen molar-refractivity contribution in [3.8, 4) is 11.3 Å². The van der Waals surface area contributed by atoms with E-state index >= 15 is 0 Å². The molecule has 4 aromatic rings. The standard InChI is InChI=1S/C21H19N7O/c1-14-12-27-6-7-28(13-20(27)25-14)21(29)26-19-9-17-8-15(2-3-16(17)10-24-19)18-11-22-4-5-23-18/h2-5,8-12H,6-7,13H2,1H3,(H,24,26,29). The van der Waals surface area contributed by atoms with Crippen molar-refractivity contribution in [2.24, 2.45) is 0 Å². The molecule has 144 valence electrons. The Balaban J connectivity index is 1.37. The van der Waals surface area contributed by atoms with E-state index in [4.69, 9.17) is 0 Å². The van der Waals surface area contributed by atoms with Crippen LogP contribution in [0.2, 0.25) is 0 Å². The lowest BCUT2D eigenvalue weighted by molar-refractivity contribution is 0.195. The van der Waals surface area contributed by atoms with Gasteiger partial charge in [0.2, 0.25) is 0 Å². The zero-order valence-corrected chi connectivity index (χ0v) is 15.9. The second-order valence-electron chi connectivity index (χ2n) is 7.07. The number of pyridine rings is 1. The van der Waals surface area contributed by atoms with Gasteiger partial charge in [-0.3, -0.25) is 15.3 Å². The Morgan fingerprint density at radius 1 is 1.07 bits per heavy atom. The summed E-state index contributed by atoms with van der Waals surface area (Å²) in [5.74, 6) is 1.42. The molecule has 8 nitrogen and oxygen atoms in total. The monoisotopic (exact) mass is 385 g/mol. The van der Waals surface area contributed by atoms with Crippen LogP contribution in [0.5, 0.6) is 0 Å². The minimum atomic E-state index is -0.172. The topological polar surface area (TPSA) is 88.8 Å². The van der Waals surface area contributed by atoms with Crippen molar-refractivity contribution in [3.63, 3.8) is 0 Å². The molecular weight excluding hydrogens is 366 g/mol. The van der Waals surface area contributed by atoms with E-state index in [1.165, 1.54) is 0 Å². The van der Waals surface area contributed by atoms with Crippen molar-refractivity contribution >= 4 is 22.6 Å². The number of rotatable bonds is 2. The average molecular weight is 385 g/mol. The highest BCUT2D eigenvalue weighted by Gasteiger charge is 2.22. The van der Waals surface area contributed by atoms with Crippen LogP contribution in [-0.2, 0) is 13.1 Å². The maximum atomic E-state index is 12.7. The van der Waals surface area contributed by atoms with Crippen molar-refractivity contribution in [1.29, 1.82) is 0 Å². The Kier molecular flexibility index (Phi) is 4.16. The highest BCUT2D eigenvalue weighted by molar-refractivity contribution is 5.93. The second kappa shape index (κ2) is 6.97. The van der Waals surface area contributed by atoms with Crippen molar-refractivity contribution in [1.82, 2.24) is 29.4 Å². The molecule has 29 heavy (non-hydrogen) atoms. The van der Waals surface area contributed by atoms with Crippen LogP contribution in [0.15, 0.2) is 55.2 Å². The van der Waals surface area contributed by atoms with Crippen molar-refractivity contribution in [2.45, 2.75) is 20.0 Å². The molecule has 1 aliphatic rings. The van der Waals surface area contributed by atoms with Gasteiger partial charge in [0.25, 0.3) is 0 Å². The van der Waals surface area contributed by atoms with Crippen molar-refractivity contribution < 1.29 is 4.79 Å². The number of anilines is 1. The zero-order chi connectivity index (χ0) is 19.8. The predicted octanol–water partition coefficient (Wildman–Crippen LogP) is 3.24. The number of carbonyl (C=O) groups excluding carboxylic acids is 1. The first-order chi connectivity index (χ1) is 14.2. The van der Waals surface area contributed by atoms with Gasteiger partial charge >= 0.3 is 6.03 Å². The van der Waals surface area contributed by atoms with Crippen LogP contribution in [-0.4, -0.2) is 42.0 Å². The van der Waals surface area contributed by atoms with Gasteiger partial charge in [-0.1, -0.05) is 12.1 Å². The lowest BCUT2D eigenvalue weighted by atomic mass is 10.1. The van der Waals surface area contributed by atoms with Gasteiger partial charge in [0, 0.05) is 48.8 Å². The van der Waals surface area contributed by atoms with Gasteiger partial charge in [-0.25, -0.2) is 14.8 Å². The van der Waals surface area contributed by atoms with E-state index in [9.17, 15) is 4.79 Å². The summed E-state index contributed by atoms with van der Waals surface area (Å²) in [6, 6.07) is 7.71. The number of hydrogen-bond donors (Lipinski definition) is 1. The minimum absolute atomic E-state index is 0.172. The number of hydrogen-bond acceptors (Lipinski definition) is 5. The summed E-state index contributed by atoms with van der Waals surface area (Å²) in [6.45, 7) is 3.84. The third kappa shape index (κ3) is 3.40. The first kappa shape index (κ1) is 17.3. The Morgan fingerprint density at radius 2 is 2.00 bits per heavy atom. The summed E-state index contributed by atoms with van der Waals surface area (Å²) in [5, 5.41) is 4.88. The minimum Gasteiger partial charge on any atom is -0.331 e. The molecule has 8 heteroatoms. The summed E-state index contributed by atoms with van der Waals surface area (Å²) in [4.78, 5) is 31.8. The van der Waals surface area contributed by atoms with Crippen LogP contribution in [0.25, 0.3) is 22.0 Å². The fraction of sp³-hybridized carbons (Fsp3) is 0.190. The van der Waals surface area contributed by atoms with Crippen LogP contribution in [0.1, 0.15) is 11.5 Å². The summed E-state index contributed by atoms with van der Waals surface area (Å²) in [5.41, 5.74) is 2.74. The number of carbonyl (C=O) groups is 1. The summed E-state index contributed by atoms with van der Waals surface area (Å²) in [7, 11) is 0. The van der Waals surface area contributed by atoms with E-state index in [0.29, 0.717) is 18.9 Å². The molecule has 0 saturated heterocycles. The number of nitrogens with one attached hydrogen (secondary N) is 1. The zero-order valence-electron chi connectivity index (χ0n) is 15.9. The van der Waals surface area contributed by atoms with E-state index in [0.717, 1.165) is 40.1 Å². The van der Waals surface area contributed by atoms with Crippen molar-refractivity contribution in [3.05, 3.63) is 66.8 Å². The molecule has 0 unspecified atom stereocenters. The second-order valence-corrected chi connectivity index (χ2v) is 7.07. The molecule has 0 radical (unpaired) electrons. The van der Waals surface area contributed by atoms with Gasteiger partial charge in [0.05, 0.1) is 24.1 Å². The van der Waals surface area contributed by atoms with Crippen LogP contribution in [0, 0.1) is 6.92 Å². The first-order valence-corrected chi connectivity index (χ1v) is 9.40. The molecule has 0 saturated carbocycles. The quantitative estimate of drug-likeness (QED) is 0.572. The van der Waals surface area contributed by atoms with E-state index in [2.05, 4.69) is 29.8 Å². The summed E-state index contributed by atoms with van der Waals surface area (Å²) >= 11 is 0. The van der Waals surface area contributed by atoms with Gasteiger partial charge in [0.15, 0.2) is 0 Å². The van der Waals surface area contributed by atoms with E-state index in [1.54, 1.807) is 29.7 Å². The van der Waals surface area contributed by atoms with Crippen molar-refractivity contribution in [2.75, 3.05) is 11.9 Å². The first-order valence-electron chi connectivity index (χ1n) is 9.40. The highest BCUT2D eigenvalue weighted by Crippen LogP contribution is 2.24. The Morgan fingerprint density at radius 3 is 2.86 bits per heavy atom. The fourth-order valence-corrected chi connectivity index (χ4v) is 3.57. The van der Waals surface area contributed by atoms with Crippen LogP contribution >= 0.6 is 0 Å². The molecule has 2 amide bonds. The lowest BCUT2D eigenvalue weighted by Gasteiger charge is -2.27. The van der Waals surface area contributed by atoms with Gasteiger partial charge in [0.1, 0.15) is 11.6 Å². The van der Waals surface area contributed by atoms with Crippen LogP contribution < -0.4 is 5.32 Å². The lowest BCUT2D eigenvalue weighted by Crippen LogP contribution is -2.40. The van der Waals surface area contributed by atoms with E-state index in [1.807, 2.05) is 37.4 Å². The molecule has 0 fully saturated rings. The average Bonchev–Trinajstić information content (AvgIpc) is 3.13. The molecule has 0 atom stereocenters. The van der Waals surface area contributed by atoms with E-state index < -0.39 is 0 Å². The molecule has 1 aromatic carbocycles. The molecule has 1 N–H and O–H groups in total.